The van der Waals surface area contributed by atoms with E-state index < -0.39 is 64.8 Å². The fourth-order valence-electron chi connectivity index (χ4n) is 2.52. The summed E-state index contributed by atoms with van der Waals surface area (Å²) in [6, 6.07) is 0. The molecule has 0 aromatic carbocycles. The van der Waals surface area contributed by atoms with E-state index in [2.05, 4.69) is 9.14 Å². The van der Waals surface area contributed by atoms with Crippen molar-refractivity contribution in [1.82, 2.24) is 0 Å². The fraction of sp³-hybridized carbons (Fsp3) is 0. The SMILES string of the molecule is OB1OB(O)O[B-]2(O1)OB(O)O[B-]1(OB(O)O[B-]3(OB(O)OB(O)O3)O1)O2. The van der Waals surface area contributed by atoms with E-state index >= 15 is 0 Å². The third-order valence-electron chi connectivity index (χ3n) is 3.40. The molecule has 0 radical (unpaired) electrons. The Morgan fingerprint density at radius 3 is 0.963 bits per heavy atom. The zero-order chi connectivity index (χ0) is 19.4. The normalized spacial score (nSPS) is 30.0. The Kier molecular flexibility index (Phi) is 5.21. The predicted octanol–water partition coefficient (Wildman–Crippen LogP) is -7.59. The first-order chi connectivity index (χ1) is 12.6. The van der Waals surface area contributed by atoms with Gasteiger partial charge in [-0.05, 0) is 0 Å². The van der Waals surface area contributed by atoms with Gasteiger partial charge in [0, 0.05) is 0 Å². The van der Waals surface area contributed by atoms with Crippen LogP contribution < -0.4 is 0 Å². The van der Waals surface area contributed by atoms with Crippen LogP contribution in [0.2, 0.25) is 0 Å². The van der Waals surface area contributed by atoms with Crippen LogP contribution in [0, 0.1) is 0 Å². The number of rotatable bonds is 0. The van der Waals surface area contributed by atoms with Crippen LogP contribution in [0.5, 0.6) is 0 Å². The summed E-state index contributed by atoms with van der Waals surface area (Å²) in [5.74, 6) is 0. The molecule has 27 heteroatoms. The second-order valence-corrected chi connectivity index (χ2v) is 5.21. The average molecular weight is 391 g/mol. The Balaban J connectivity index is 1.62. The maximum Gasteiger partial charge on any atom is 0.582 e. The molecule has 27 heavy (non-hydrogen) atoms. The second-order valence-electron chi connectivity index (χ2n) is 5.21. The van der Waals surface area contributed by atoms with Gasteiger partial charge in [-0.15, -0.1) is 0 Å². The van der Waals surface area contributed by atoms with Crippen LogP contribution in [-0.4, -0.2) is 94.9 Å². The third kappa shape index (κ3) is 4.11. The Morgan fingerprint density at radius 1 is 0.370 bits per heavy atom. The van der Waals surface area contributed by atoms with Crippen molar-refractivity contribution < 1.29 is 85.0 Å². The van der Waals surface area contributed by atoms with Crippen LogP contribution in [-0.2, 0) is 54.9 Å². The summed E-state index contributed by atoms with van der Waals surface area (Å²) < 4.78 is 56.5. The molecule has 3 spiro atoms. The highest BCUT2D eigenvalue weighted by atomic mass is 17.1. The van der Waals surface area contributed by atoms with Gasteiger partial charge >= 0.3 is 64.8 Å². The minimum absolute atomic E-state index is 2.16. The van der Waals surface area contributed by atoms with E-state index in [1.807, 2.05) is 0 Å². The molecule has 0 amide bonds. The van der Waals surface area contributed by atoms with Gasteiger partial charge in [0.1, 0.15) is 0 Å². The molecule has 4 rings (SSSR count). The van der Waals surface area contributed by atoms with Crippen molar-refractivity contribution in [1.29, 1.82) is 0 Å². The van der Waals surface area contributed by atoms with E-state index in [-0.39, 0.29) is 0 Å². The number of hydrogen-bond acceptors (Lipinski definition) is 18. The molecule has 0 atom stereocenters. The second kappa shape index (κ2) is 6.98. The van der Waals surface area contributed by atoms with E-state index in [0.717, 1.165) is 0 Å². The van der Waals surface area contributed by atoms with Gasteiger partial charge in [0.2, 0.25) is 0 Å². The van der Waals surface area contributed by atoms with Crippen molar-refractivity contribution in [2.45, 2.75) is 0 Å². The highest BCUT2D eigenvalue weighted by Gasteiger charge is 2.60. The lowest BCUT2D eigenvalue weighted by atomic mass is 9.75. The molecule has 4 aliphatic heterocycles. The molecular formula is H6B9O18-3. The Hall–Kier alpha value is -0.136. The predicted molar refractivity (Wildman–Crippen MR) is 78.1 cm³/mol. The standard InChI is InChI=1S/B9H6O18/c10-1-16-2(11)19-7(18-1)22-5(14)24-9(26-7)25-6(15)23-8(27-9)20-3(12)17-4(13)21-8/h10-15H/q-3. The Morgan fingerprint density at radius 2 is 0.630 bits per heavy atom. The first kappa shape index (κ1) is 20.1. The van der Waals surface area contributed by atoms with Crippen LogP contribution in [0.15, 0.2) is 0 Å². The van der Waals surface area contributed by atoms with Crippen LogP contribution >= 0.6 is 0 Å². The van der Waals surface area contributed by atoms with Crippen molar-refractivity contribution in [3.05, 3.63) is 0 Å². The van der Waals surface area contributed by atoms with Gasteiger partial charge < -0.3 is 85.0 Å². The fourth-order valence-corrected chi connectivity index (χ4v) is 2.52. The van der Waals surface area contributed by atoms with Crippen molar-refractivity contribution in [3.8, 4) is 0 Å². The molecule has 4 heterocycles. The highest BCUT2D eigenvalue weighted by molar-refractivity contribution is 6.90. The molecule has 4 aliphatic rings. The quantitative estimate of drug-likeness (QED) is 0.210. The summed E-state index contributed by atoms with van der Waals surface area (Å²) in [7, 11) is -13.3. The zero-order valence-corrected chi connectivity index (χ0v) is 12.8. The molecule has 18 nitrogen and oxygen atoms in total. The van der Waals surface area contributed by atoms with Gasteiger partial charge in [-0.3, -0.25) is 0 Å². The van der Waals surface area contributed by atoms with E-state index in [1.54, 1.807) is 0 Å². The van der Waals surface area contributed by atoms with Crippen molar-refractivity contribution in [2.75, 3.05) is 0 Å². The van der Waals surface area contributed by atoms with E-state index in [9.17, 15) is 30.1 Å². The molecule has 0 bridgehead atoms. The largest absolute Gasteiger partial charge is 0.682 e. The van der Waals surface area contributed by atoms with Gasteiger partial charge in [0.25, 0.3) is 0 Å². The van der Waals surface area contributed by atoms with Crippen molar-refractivity contribution >= 4 is 64.8 Å². The van der Waals surface area contributed by atoms with Gasteiger partial charge in [0.05, 0.1) is 0 Å². The van der Waals surface area contributed by atoms with Gasteiger partial charge in [-0.1, -0.05) is 0 Å². The molecule has 0 aromatic rings. The van der Waals surface area contributed by atoms with Gasteiger partial charge in [-0.25, -0.2) is 0 Å². The first-order valence-electron chi connectivity index (χ1n) is 7.21. The minimum atomic E-state index is -3.88. The summed E-state index contributed by atoms with van der Waals surface area (Å²) in [4.78, 5) is 0. The van der Waals surface area contributed by atoms with Gasteiger partial charge in [0.15, 0.2) is 0 Å². The third-order valence-corrected chi connectivity index (χ3v) is 3.40. The lowest BCUT2D eigenvalue weighted by molar-refractivity contribution is -0.0599. The van der Waals surface area contributed by atoms with Crippen LogP contribution in [0.3, 0.4) is 0 Å². The van der Waals surface area contributed by atoms with Crippen LogP contribution in [0.4, 0.5) is 0 Å². The van der Waals surface area contributed by atoms with Crippen molar-refractivity contribution in [3.63, 3.8) is 0 Å². The lowest BCUT2D eigenvalue weighted by Crippen LogP contribution is -2.80. The van der Waals surface area contributed by atoms with E-state index in [0.29, 0.717) is 0 Å². The summed E-state index contributed by atoms with van der Waals surface area (Å²) in [5.41, 5.74) is 0. The Bertz CT molecular complexity index is 476. The van der Waals surface area contributed by atoms with Crippen molar-refractivity contribution in [2.24, 2.45) is 0 Å². The highest BCUT2D eigenvalue weighted by Crippen LogP contribution is 2.37. The minimum Gasteiger partial charge on any atom is -0.682 e. The summed E-state index contributed by atoms with van der Waals surface area (Å²) in [6.07, 6.45) is 0. The van der Waals surface area contributed by atoms with E-state index in [4.69, 9.17) is 45.7 Å². The topological polar surface area (TPSA) is 232 Å². The molecular weight excluding hydrogens is 385 g/mol. The molecule has 4 fully saturated rings. The molecule has 0 unspecified atom stereocenters. The molecule has 6 N–H and O–H groups in total. The molecule has 0 aliphatic carbocycles. The smallest absolute Gasteiger partial charge is 0.582 e. The molecule has 0 saturated carbocycles. The number of hydrogen-bond donors (Lipinski definition) is 6. The maximum absolute atomic E-state index is 9.76. The van der Waals surface area contributed by atoms with Crippen LogP contribution in [0.1, 0.15) is 0 Å². The first-order valence-corrected chi connectivity index (χ1v) is 7.21. The zero-order valence-electron chi connectivity index (χ0n) is 12.8. The molecule has 144 valence electrons. The van der Waals surface area contributed by atoms with Crippen LogP contribution in [0.25, 0.3) is 0 Å². The summed E-state index contributed by atoms with van der Waals surface area (Å²) in [6.45, 7) is -11.4. The molecule has 4 saturated heterocycles. The lowest BCUT2D eigenvalue weighted by Gasteiger charge is -2.68. The Labute approximate surface area is 150 Å². The summed E-state index contributed by atoms with van der Waals surface area (Å²) in [5, 5.41) is 57.1. The van der Waals surface area contributed by atoms with Gasteiger partial charge in [-0.2, -0.15) is 0 Å². The monoisotopic (exact) mass is 393 g/mol. The molecule has 0 aromatic heterocycles. The van der Waals surface area contributed by atoms with E-state index in [1.165, 1.54) is 0 Å². The summed E-state index contributed by atoms with van der Waals surface area (Å²) >= 11 is 0. The maximum atomic E-state index is 9.76. The average Bonchev–Trinajstić information content (AvgIpc) is 2.40.